The molecule has 0 aromatic heterocycles. The van der Waals surface area contributed by atoms with Crippen LogP contribution < -0.4 is 9.47 Å². The van der Waals surface area contributed by atoms with Crippen molar-refractivity contribution in [3.8, 4) is 11.5 Å². The first-order chi connectivity index (χ1) is 13.5. The zero-order valence-corrected chi connectivity index (χ0v) is 17.5. The summed E-state index contributed by atoms with van der Waals surface area (Å²) < 4.78 is 12.7. The monoisotopic (exact) mass is 498 g/mol. The first kappa shape index (κ1) is 18.7. The van der Waals surface area contributed by atoms with Gasteiger partial charge in [0.25, 0.3) is 0 Å². The number of rotatable bonds is 3. The molecule has 3 aromatic carbocycles. The minimum Gasteiger partial charge on any atom is -0.452 e. The van der Waals surface area contributed by atoms with Crippen LogP contribution in [0, 0.1) is 0 Å². The number of benzene rings is 3. The molecule has 1 heterocycles. The van der Waals surface area contributed by atoms with Crippen LogP contribution in [0.4, 0.5) is 0 Å². The van der Waals surface area contributed by atoms with Crippen LogP contribution in [0.5, 0.6) is 11.5 Å². The maximum atomic E-state index is 12.6. The van der Waals surface area contributed by atoms with Crippen LogP contribution in [0.25, 0.3) is 6.08 Å². The highest BCUT2D eigenvalue weighted by molar-refractivity contribution is 9.10. The largest absolute Gasteiger partial charge is 0.452 e. The van der Waals surface area contributed by atoms with E-state index < -0.39 is 5.97 Å². The van der Waals surface area contributed by atoms with E-state index in [0.29, 0.717) is 27.1 Å². The van der Waals surface area contributed by atoms with E-state index in [0.717, 1.165) is 10.0 Å². The number of allylic oxidation sites excluding steroid dienone is 1. The highest BCUT2D eigenvalue weighted by Crippen LogP contribution is 2.35. The number of carbonyl (C=O) groups is 2. The van der Waals surface area contributed by atoms with E-state index in [-0.39, 0.29) is 11.5 Å². The molecule has 0 saturated heterocycles. The number of halogens is 2. The number of Topliss-reactive ketones (excluding diaryl/α,β-unsaturated/α-hetero) is 1. The molecule has 138 valence electrons. The second kappa shape index (κ2) is 7.73. The van der Waals surface area contributed by atoms with E-state index in [4.69, 9.17) is 9.47 Å². The quantitative estimate of drug-likeness (QED) is 0.250. The number of hydrogen-bond acceptors (Lipinski definition) is 4. The minimum absolute atomic E-state index is 0.207. The van der Waals surface area contributed by atoms with Crippen molar-refractivity contribution in [3.05, 3.63) is 98.1 Å². The highest BCUT2D eigenvalue weighted by atomic mass is 79.9. The van der Waals surface area contributed by atoms with Gasteiger partial charge < -0.3 is 9.47 Å². The van der Waals surface area contributed by atoms with Crippen molar-refractivity contribution in [2.24, 2.45) is 0 Å². The Balaban J connectivity index is 1.56. The Labute approximate surface area is 178 Å². The van der Waals surface area contributed by atoms with Crippen molar-refractivity contribution in [1.29, 1.82) is 0 Å². The van der Waals surface area contributed by atoms with E-state index in [9.17, 15) is 9.59 Å². The Kier molecular flexibility index (Phi) is 5.15. The lowest BCUT2D eigenvalue weighted by molar-refractivity contribution is 0.0733. The molecule has 1 aliphatic heterocycles. The molecule has 4 rings (SSSR count). The summed E-state index contributed by atoms with van der Waals surface area (Å²) in [6.07, 6.45) is 1.68. The zero-order chi connectivity index (χ0) is 19.7. The highest BCUT2D eigenvalue weighted by Gasteiger charge is 2.28. The molecule has 1 aliphatic rings. The Morgan fingerprint density at radius 2 is 1.71 bits per heavy atom. The summed E-state index contributed by atoms with van der Waals surface area (Å²) >= 11 is 6.71. The molecule has 0 atom stereocenters. The van der Waals surface area contributed by atoms with Gasteiger partial charge >= 0.3 is 5.97 Å². The van der Waals surface area contributed by atoms with Gasteiger partial charge in [-0.1, -0.05) is 40.2 Å². The van der Waals surface area contributed by atoms with Gasteiger partial charge in [-0.2, -0.15) is 0 Å². The molecule has 0 radical (unpaired) electrons. The SMILES string of the molecule is O=C(Oc1ccc2c(c1)O/C(=C\c1ccc(Br)cc1)C2=O)c1ccccc1Br. The number of carbonyl (C=O) groups excluding carboxylic acids is 2. The molecule has 3 aromatic rings. The smallest absolute Gasteiger partial charge is 0.344 e. The third-order valence-electron chi connectivity index (χ3n) is 4.11. The molecule has 28 heavy (non-hydrogen) atoms. The summed E-state index contributed by atoms with van der Waals surface area (Å²) in [7, 11) is 0. The van der Waals surface area contributed by atoms with Crippen LogP contribution in [-0.4, -0.2) is 11.8 Å². The second-order valence-corrected chi connectivity index (χ2v) is 7.79. The summed E-state index contributed by atoms with van der Waals surface area (Å²) in [5.74, 6) is 0.193. The van der Waals surface area contributed by atoms with Gasteiger partial charge in [0.1, 0.15) is 11.5 Å². The van der Waals surface area contributed by atoms with Gasteiger partial charge in [-0.05, 0) is 64.0 Å². The van der Waals surface area contributed by atoms with Crippen molar-refractivity contribution in [3.63, 3.8) is 0 Å². The molecule has 0 spiro atoms. The molecule has 0 fully saturated rings. The first-order valence-corrected chi connectivity index (χ1v) is 9.90. The minimum atomic E-state index is -0.498. The molecule has 0 bridgehead atoms. The van der Waals surface area contributed by atoms with E-state index in [1.807, 2.05) is 30.3 Å². The normalized spacial score (nSPS) is 13.9. The number of ketones is 1. The first-order valence-electron chi connectivity index (χ1n) is 8.32. The lowest BCUT2D eigenvalue weighted by atomic mass is 10.1. The predicted octanol–water partition coefficient (Wildman–Crippen LogP) is 6.05. The van der Waals surface area contributed by atoms with Crippen molar-refractivity contribution >= 4 is 49.7 Å². The van der Waals surface area contributed by atoms with Crippen molar-refractivity contribution in [2.45, 2.75) is 0 Å². The van der Waals surface area contributed by atoms with Crippen LogP contribution in [-0.2, 0) is 0 Å². The Hall–Kier alpha value is -2.70. The number of ether oxygens (including phenoxy) is 2. The van der Waals surface area contributed by atoms with E-state index >= 15 is 0 Å². The predicted molar refractivity (Wildman–Crippen MR) is 113 cm³/mol. The van der Waals surface area contributed by atoms with E-state index in [1.54, 1.807) is 42.5 Å². The molecule has 0 unspecified atom stereocenters. The van der Waals surface area contributed by atoms with Crippen LogP contribution in [0.3, 0.4) is 0 Å². The van der Waals surface area contributed by atoms with Gasteiger partial charge in [0.2, 0.25) is 5.78 Å². The van der Waals surface area contributed by atoms with E-state index in [2.05, 4.69) is 31.9 Å². The Morgan fingerprint density at radius 3 is 2.46 bits per heavy atom. The van der Waals surface area contributed by atoms with Gasteiger partial charge in [-0.3, -0.25) is 4.79 Å². The lowest BCUT2D eigenvalue weighted by Gasteiger charge is -2.06. The summed E-state index contributed by atoms with van der Waals surface area (Å²) in [6.45, 7) is 0. The molecule has 0 saturated carbocycles. The van der Waals surface area contributed by atoms with Gasteiger partial charge in [0, 0.05) is 15.0 Å². The zero-order valence-electron chi connectivity index (χ0n) is 14.3. The lowest BCUT2D eigenvalue weighted by Crippen LogP contribution is -2.09. The average molecular weight is 500 g/mol. The van der Waals surface area contributed by atoms with Crippen molar-refractivity contribution in [2.75, 3.05) is 0 Å². The van der Waals surface area contributed by atoms with Crippen LogP contribution in [0.15, 0.2) is 81.4 Å². The molecule has 0 aliphatic carbocycles. The van der Waals surface area contributed by atoms with Gasteiger partial charge in [0.15, 0.2) is 5.76 Å². The van der Waals surface area contributed by atoms with Crippen molar-refractivity contribution in [1.82, 2.24) is 0 Å². The molecular weight excluding hydrogens is 488 g/mol. The third kappa shape index (κ3) is 3.79. The summed E-state index contributed by atoms with van der Waals surface area (Å²) in [5, 5.41) is 0. The number of hydrogen-bond donors (Lipinski definition) is 0. The summed E-state index contributed by atoms with van der Waals surface area (Å²) in [5.41, 5.74) is 1.69. The fourth-order valence-corrected chi connectivity index (χ4v) is 3.44. The summed E-state index contributed by atoms with van der Waals surface area (Å²) in [6, 6.07) is 19.3. The molecular formula is C22H12Br2O4. The maximum Gasteiger partial charge on any atom is 0.344 e. The van der Waals surface area contributed by atoms with Gasteiger partial charge in [0.05, 0.1) is 11.1 Å². The van der Waals surface area contributed by atoms with E-state index in [1.165, 1.54) is 0 Å². The van der Waals surface area contributed by atoms with Crippen molar-refractivity contribution < 1.29 is 19.1 Å². The molecule has 6 heteroatoms. The Morgan fingerprint density at radius 1 is 0.964 bits per heavy atom. The molecule has 0 N–H and O–H groups in total. The van der Waals surface area contributed by atoms with Gasteiger partial charge in [-0.15, -0.1) is 0 Å². The number of fused-ring (bicyclic) bond motifs is 1. The van der Waals surface area contributed by atoms with Crippen LogP contribution >= 0.6 is 31.9 Å². The van der Waals surface area contributed by atoms with Crippen LogP contribution in [0.1, 0.15) is 26.3 Å². The molecule has 0 amide bonds. The average Bonchev–Trinajstić information content (AvgIpc) is 2.99. The topological polar surface area (TPSA) is 52.6 Å². The standard InChI is InChI=1S/C22H12Br2O4/c23-14-7-5-13(6-8-14)11-20-21(25)17-10-9-15(12-19(17)28-20)27-22(26)16-3-1-2-4-18(16)24/h1-12H/b20-11-. The molecule has 4 nitrogen and oxygen atoms in total. The Bertz CT molecular complexity index is 1120. The fraction of sp³-hybridized carbons (Fsp3) is 0. The van der Waals surface area contributed by atoms with Crippen LogP contribution in [0.2, 0.25) is 0 Å². The fourth-order valence-electron chi connectivity index (χ4n) is 2.73. The van der Waals surface area contributed by atoms with Gasteiger partial charge in [-0.25, -0.2) is 4.79 Å². The third-order valence-corrected chi connectivity index (χ3v) is 5.33. The number of esters is 1. The maximum absolute atomic E-state index is 12.6. The second-order valence-electron chi connectivity index (χ2n) is 6.02. The summed E-state index contributed by atoms with van der Waals surface area (Å²) in [4.78, 5) is 24.9.